The van der Waals surface area contributed by atoms with Gasteiger partial charge < -0.3 is 29.7 Å². The number of nitrogens with zero attached hydrogens (tertiary/aromatic N) is 9. The van der Waals surface area contributed by atoms with Gasteiger partial charge in [0.05, 0.1) is 47.7 Å². The van der Waals surface area contributed by atoms with E-state index in [9.17, 15) is 48.7 Å². The molecule has 2 saturated heterocycles. The molecule has 3 aromatic heterocycles. The molecule has 0 unspecified atom stereocenters. The van der Waals surface area contributed by atoms with Crippen LogP contribution in [0.25, 0.3) is 22.3 Å². The highest BCUT2D eigenvalue weighted by Crippen LogP contribution is 2.36. The predicted octanol–water partition coefficient (Wildman–Crippen LogP) is 0.878. The number of sulfonamides is 1. The number of nitro benzene ring substituents is 1. The summed E-state index contributed by atoms with van der Waals surface area (Å²) >= 11 is 0. The van der Waals surface area contributed by atoms with Crippen LogP contribution in [-0.2, 0) is 31.6 Å². The van der Waals surface area contributed by atoms with Gasteiger partial charge in [0.1, 0.15) is 23.7 Å². The first-order valence-electron chi connectivity index (χ1n) is 15.8. The SMILES string of the molecule is CCS(=O)(=O)N1CC(CC#N)(n2cc(-c3ncnc4c3ccn4C(=O)N(C)Cc3cc([N+](=O)[O-])ccc3O[C@H]3C[C@@H](O)[C@H](O)[C@@H](C(=O)O)O3)cn2)C1. The van der Waals surface area contributed by atoms with E-state index in [1.165, 1.54) is 51.7 Å². The number of aliphatic hydroxyl groups is 2. The number of carboxylic acid groups (broad SMARTS) is 1. The van der Waals surface area contributed by atoms with Gasteiger partial charge in [-0.2, -0.15) is 14.7 Å². The molecule has 1 aromatic carbocycles. The van der Waals surface area contributed by atoms with Crippen LogP contribution in [0.1, 0.15) is 25.3 Å². The van der Waals surface area contributed by atoms with Gasteiger partial charge in [-0.3, -0.25) is 19.4 Å². The van der Waals surface area contributed by atoms with Crippen molar-refractivity contribution in [2.75, 3.05) is 25.9 Å². The van der Waals surface area contributed by atoms with E-state index < -0.39 is 57.1 Å². The zero-order chi connectivity index (χ0) is 37.5. The van der Waals surface area contributed by atoms with Crippen molar-refractivity contribution in [1.29, 1.82) is 5.26 Å². The Balaban J connectivity index is 1.24. The topological polar surface area (TPSA) is 269 Å². The second-order valence-electron chi connectivity index (χ2n) is 12.5. The van der Waals surface area contributed by atoms with Crippen LogP contribution in [-0.4, -0.2) is 125 Å². The Morgan fingerprint density at radius 2 is 2.00 bits per heavy atom. The number of aliphatic carboxylic acids is 1. The summed E-state index contributed by atoms with van der Waals surface area (Å²) in [5.41, 5.74) is 0.170. The van der Waals surface area contributed by atoms with Crippen molar-refractivity contribution < 1.29 is 47.7 Å². The number of carbonyl (C=O) groups is 2. The standard InChI is InChI=1S/C31H33N9O11S/c1-3-52(48,49)37-15-31(16-37,7-8-32)39-14-19(12-35-39)25-21-6-9-38(28(21)34-17-33-25)30(45)36(2)13-18-10-20(40(46)47)4-5-23(18)50-24-11-22(41)26(42)27(51-24)29(43)44/h4-6,9-10,12,14,17,22,24,26-27,41-42H,3,7,11,13,15-16H2,1-2H3,(H,43,44)/t22-,24-,26+,27+/m1/s1. The minimum absolute atomic E-state index is 0.0120. The van der Waals surface area contributed by atoms with Gasteiger partial charge in [0, 0.05) is 67.6 Å². The van der Waals surface area contributed by atoms with Gasteiger partial charge in [0.2, 0.25) is 16.3 Å². The highest BCUT2D eigenvalue weighted by atomic mass is 32.2. The van der Waals surface area contributed by atoms with Crippen LogP contribution in [0.15, 0.2) is 49.2 Å². The molecule has 3 N–H and O–H groups in total. The second kappa shape index (κ2) is 13.9. The lowest BCUT2D eigenvalue weighted by Crippen LogP contribution is -2.64. The van der Waals surface area contributed by atoms with Crippen LogP contribution < -0.4 is 4.74 Å². The first-order chi connectivity index (χ1) is 24.7. The highest BCUT2D eigenvalue weighted by Gasteiger charge is 2.50. The summed E-state index contributed by atoms with van der Waals surface area (Å²) in [6, 6.07) is 6.75. The molecule has 20 nitrogen and oxygen atoms in total. The Hall–Kier alpha value is -5.53. The zero-order valence-electron chi connectivity index (χ0n) is 27.7. The molecule has 6 rings (SSSR count). The van der Waals surface area contributed by atoms with E-state index >= 15 is 0 Å². The lowest BCUT2D eigenvalue weighted by Gasteiger charge is -2.47. The first-order valence-corrected chi connectivity index (χ1v) is 17.4. The summed E-state index contributed by atoms with van der Waals surface area (Å²) in [6.07, 6.45) is -0.650. The van der Waals surface area contributed by atoms with Gasteiger partial charge in [0.25, 0.3) is 5.69 Å². The van der Waals surface area contributed by atoms with Crippen molar-refractivity contribution in [1.82, 2.24) is 33.5 Å². The average Bonchev–Trinajstić information content (AvgIpc) is 3.76. The third-order valence-corrected chi connectivity index (χ3v) is 10.8. The maximum atomic E-state index is 13.8. The van der Waals surface area contributed by atoms with Gasteiger partial charge in [-0.1, -0.05) is 0 Å². The molecule has 1 amide bonds. The normalized spacial score (nSPS) is 21.6. The van der Waals surface area contributed by atoms with E-state index in [0.29, 0.717) is 16.6 Å². The molecule has 21 heteroatoms. The molecule has 4 atom stereocenters. The third kappa shape index (κ3) is 6.64. The molecule has 0 aliphatic carbocycles. The van der Waals surface area contributed by atoms with E-state index in [4.69, 9.17) is 9.47 Å². The molecule has 274 valence electrons. The number of hydrogen-bond acceptors (Lipinski definition) is 14. The monoisotopic (exact) mass is 739 g/mol. The van der Waals surface area contributed by atoms with Crippen LogP contribution in [0, 0.1) is 21.4 Å². The smallest absolute Gasteiger partial charge is 0.335 e. The molecule has 52 heavy (non-hydrogen) atoms. The number of aliphatic hydroxyl groups excluding tert-OH is 2. The van der Waals surface area contributed by atoms with E-state index in [1.807, 2.05) is 0 Å². The molecular weight excluding hydrogens is 706 g/mol. The minimum atomic E-state index is -3.45. The number of fused-ring (bicyclic) bond motifs is 1. The third-order valence-electron chi connectivity index (χ3n) is 9.06. The Morgan fingerprint density at radius 1 is 1.25 bits per heavy atom. The second-order valence-corrected chi connectivity index (χ2v) is 14.7. The van der Waals surface area contributed by atoms with Crippen LogP contribution in [0.2, 0.25) is 0 Å². The Labute approximate surface area is 295 Å². The van der Waals surface area contributed by atoms with Gasteiger partial charge in [-0.05, 0) is 19.1 Å². The number of aromatic nitrogens is 5. The maximum absolute atomic E-state index is 13.8. The number of carboxylic acids is 1. The lowest BCUT2D eigenvalue weighted by atomic mass is 9.89. The molecule has 4 aromatic rings. The molecule has 2 fully saturated rings. The van der Waals surface area contributed by atoms with Crippen molar-refractivity contribution in [2.45, 2.75) is 56.5 Å². The fraction of sp³-hybridized carbons (Fsp3) is 0.419. The van der Waals surface area contributed by atoms with Crippen LogP contribution in [0.4, 0.5) is 10.5 Å². The number of nitro groups is 1. The summed E-state index contributed by atoms with van der Waals surface area (Å²) in [5, 5.41) is 55.6. The van der Waals surface area contributed by atoms with E-state index in [-0.39, 0.29) is 60.9 Å². The molecule has 2 aliphatic heterocycles. The number of benzene rings is 1. The molecule has 2 aliphatic rings. The number of ether oxygens (including phenoxy) is 2. The Kier molecular flexibility index (Phi) is 9.69. The van der Waals surface area contributed by atoms with E-state index in [0.717, 1.165) is 6.07 Å². The van der Waals surface area contributed by atoms with Gasteiger partial charge in [-0.15, -0.1) is 0 Å². The Morgan fingerprint density at radius 3 is 2.67 bits per heavy atom. The molecule has 0 saturated carbocycles. The predicted molar refractivity (Wildman–Crippen MR) is 177 cm³/mol. The zero-order valence-corrected chi connectivity index (χ0v) is 28.5. The van der Waals surface area contributed by atoms with Crippen molar-refractivity contribution >= 4 is 38.7 Å². The number of rotatable bonds is 11. The number of hydrogen-bond donors (Lipinski definition) is 3. The lowest BCUT2D eigenvalue weighted by molar-refractivity contribution is -0.385. The summed E-state index contributed by atoms with van der Waals surface area (Å²) in [7, 11) is -2.01. The number of carbonyl (C=O) groups excluding carboxylic acids is 1. The summed E-state index contributed by atoms with van der Waals surface area (Å²) in [4.78, 5) is 46.2. The first kappa shape index (κ1) is 36.3. The summed E-state index contributed by atoms with van der Waals surface area (Å²) < 4.78 is 40.0. The van der Waals surface area contributed by atoms with Gasteiger partial charge >= 0.3 is 12.0 Å². The van der Waals surface area contributed by atoms with E-state index in [1.54, 1.807) is 23.9 Å². The fourth-order valence-corrected chi connectivity index (χ4v) is 7.44. The van der Waals surface area contributed by atoms with Crippen molar-refractivity contribution in [3.05, 3.63) is 64.9 Å². The molecular formula is C31H33N9O11S. The van der Waals surface area contributed by atoms with Gasteiger partial charge in [-0.25, -0.2) is 28.0 Å². The quantitative estimate of drug-likeness (QED) is 0.142. The van der Waals surface area contributed by atoms with E-state index in [2.05, 4.69) is 21.1 Å². The van der Waals surface area contributed by atoms with Crippen LogP contribution in [0.3, 0.4) is 0 Å². The van der Waals surface area contributed by atoms with Crippen molar-refractivity contribution in [3.8, 4) is 23.1 Å². The highest BCUT2D eigenvalue weighted by molar-refractivity contribution is 7.89. The number of non-ortho nitro benzene ring substituents is 1. The van der Waals surface area contributed by atoms with Gasteiger partial charge in [0.15, 0.2) is 11.8 Å². The number of nitriles is 1. The average molecular weight is 740 g/mol. The van der Waals surface area contributed by atoms with Crippen LogP contribution >= 0.6 is 0 Å². The summed E-state index contributed by atoms with van der Waals surface area (Å²) in [5.74, 6) is -1.57. The largest absolute Gasteiger partial charge is 0.479 e. The molecule has 0 bridgehead atoms. The van der Waals surface area contributed by atoms with Crippen LogP contribution in [0.5, 0.6) is 5.75 Å². The molecule has 0 radical (unpaired) electrons. The van der Waals surface area contributed by atoms with Crippen molar-refractivity contribution in [3.63, 3.8) is 0 Å². The molecule has 0 spiro atoms. The fourth-order valence-electron chi connectivity index (χ4n) is 6.20. The van der Waals surface area contributed by atoms with Crippen molar-refractivity contribution in [2.24, 2.45) is 0 Å². The minimum Gasteiger partial charge on any atom is -0.479 e. The summed E-state index contributed by atoms with van der Waals surface area (Å²) in [6.45, 7) is 1.50. The molecule has 5 heterocycles. The maximum Gasteiger partial charge on any atom is 0.335 e. The Bertz CT molecular complexity index is 2190. The number of amides is 1.